The zero-order chi connectivity index (χ0) is 22.8. The molecule has 2 fully saturated rings. The van der Waals surface area contributed by atoms with Gasteiger partial charge >= 0.3 is 0 Å². The molecule has 0 spiro atoms. The van der Waals surface area contributed by atoms with Crippen molar-refractivity contribution in [1.29, 1.82) is 0 Å². The molecule has 6 heteroatoms. The number of guanidine groups is 1. The Bertz CT molecular complexity index is 714. The minimum Gasteiger partial charge on any atom is -0.369 e. The van der Waals surface area contributed by atoms with Crippen LogP contribution in [0.15, 0.2) is 35.3 Å². The molecule has 2 atom stereocenters. The molecule has 0 saturated carbocycles. The Kier molecular flexibility index (Phi) is 9.85. The number of unbranched alkanes of at least 4 members (excludes halogenated alkanes) is 1. The molecule has 1 amide bonds. The predicted molar refractivity (Wildman–Crippen MR) is 133 cm³/mol. The van der Waals surface area contributed by atoms with E-state index in [9.17, 15) is 4.79 Å². The number of nitrogens with zero attached hydrogens (tertiary/aromatic N) is 3. The van der Waals surface area contributed by atoms with E-state index in [1.807, 2.05) is 0 Å². The van der Waals surface area contributed by atoms with E-state index < -0.39 is 0 Å². The normalized spacial score (nSPS) is 23.3. The van der Waals surface area contributed by atoms with Gasteiger partial charge in [-0.05, 0) is 76.1 Å². The second-order valence-electron chi connectivity index (χ2n) is 9.38. The average molecular weight is 442 g/mol. The van der Waals surface area contributed by atoms with Gasteiger partial charge in [0.05, 0.1) is 0 Å². The second kappa shape index (κ2) is 12.8. The summed E-state index contributed by atoms with van der Waals surface area (Å²) in [6.45, 7) is 11.5. The van der Waals surface area contributed by atoms with Crippen molar-refractivity contribution in [3.63, 3.8) is 0 Å². The molecule has 6 nitrogen and oxygen atoms in total. The number of piperidine rings is 2. The molecule has 32 heavy (non-hydrogen) atoms. The summed E-state index contributed by atoms with van der Waals surface area (Å²) in [7, 11) is 0. The smallest absolute Gasteiger partial charge is 0.220 e. The lowest BCUT2D eigenvalue weighted by Gasteiger charge is -2.40. The zero-order valence-electron chi connectivity index (χ0n) is 20.1. The SMILES string of the molecule is CCNC(=NCCCCN1CCC(C(N)=O)CC1)N1CCC(c2ccccc2)C(CC)C1. The Hall–Kier alpha value is -2.08. The summed E-state index contributed by atoms with van der Waals surface area (Å²) >= 11 is 0. The first-order chi connectivity index (χ1) is 15.6. The highest BCUT2D eigenvalue weighted by Gasteiger charge is 2.30. The minimum atomic E-state index is -0.131. The van der Waals surface area contributed by atoms with Crippen LogP contribution in [0, 0.1) is 11.8 Å². The average Bonchev–Trinajstić information content (AvgIpc) is 2.83. The van der Waals surface area contributed by atoms with Crippen LogP contribution in [-0.2, 0) is 4.79 Å². The van der Waals surface area contributed by atoms with Crippen molar-refractivity contribution in [2.45, 2.75) is 58.3 Å². The number of amides is 1. The van der Waals surface area contributed by atoms with Gasteiger partial charge in [-0.15, -0.1) is 0 Å². The Morgan fingerprint density at radius 1 is 1.09 bits per heavy atom. The molecule has 2 heterocycles. The monoisotopic (exact) mass is 441 g/mol. The van der Waals surface area contributed by atoms with Gasteiger partial charge < -0.3 is 20.9 Å². The number of nitrogens with one attached hydrogen (secondary N) is 1. The lowest BCUT2D eigenvalue weighted by Crippen LogP contribution is -2.48. The molecule has 3 N–H and O–H groups in total. The lowest BCUT2D eigenvalue weighted by atomic mass is 9.79. The summed E-state index contributed by atoms with van der Waals surface area (Å²) in [5.41, 5.74) is 6.93. The number of rotatable bonds is 9. The van der Waals surface area contributed by atoms with Crippen molar-refractivity contribution < 1.29 is 4.79 Å². The van der Waals surface area contributed by atoms with Crippen molar-refractivity contribution in [2.24, 2.45) is 22.6 Å². The first-order valence-corrected chi connectivity index (χ1v) is 12.7. The molecular formula is C26H43N5O. The summed E-state index contributed by atoms with van der Waals surface area (Å²) in [5.74, 6) is 2.35. The van der Waals surface area contributed by atoms with Gasteiger partial charge in [0, 0.05) is 32.1 Å². The van der Waals surface area contributed by atoms with Crippen LogP contribution in [0.2, 0.25) is 0 Å². The minimum absolute atomic E-state index is 0.0801. The van der Waals surface area contributed by atoms with Gasteiger partial charge in [-0.2, -0.15) is 0 Å². The number of primary amides is 1. The van der Waals surface area contributed by atoms with E-state index in [1.54, 1.807) is 0 Å². The van der Waals surface area contributed by atoms with Crippen molar-refractivity contribution in [1.82, 2.24) is 15.1 Å². The van der Waals surface area contributed by atoms with Crippen LogP contribution in [0.5, 0.6) is 0 Å². The molecule has 0 aromatic heterocycles. The number of carbonyl (C=O) groups is 1. The first kappa shape index (κ1) is 24.6. The summed E-state index contributed by atoms with van der Waals surface area (Å²) in [4.78, 5) is 21.2. The molecule has 0 radical (unpaired) electrons. The van der Waals surface area contributed by atoms with Crippen molar-refractivity contribution in [2.75, 3.05) is 45.8 Å². The molecule has 1 aromatic rings. The highest BCUT2D eigenvalue weighted by Crippen LogP contribution is 2.34. The number of benzene rings is 1. The highest BCUT2D eigenvalue weighted by atomic mass is 16.1. The Balaban J connectivity index is 1.45. The number of carbonyl (C=O) groups excluding carboxylic acids is 1. The fourth-order valence-electron chi connectivity index (χ4n) is 5.28. The maximum absolute atomic E-state index is 11.3. The molecule has 2 aliphatic heterocycles. The van der Waals surface area contributed by atoms with Crippen molar-refractivity contribution >= 4 is 11.9 Å². The molecule has 3 rings (SSSR count). The van der Waals surface area contributed by atoms with E-state index in [-0.39, 0.29) is 11.8 Å². The van der Waals surface area contributed by atoms with E-state index in [4.69, 9.17) is 10.7 Å². The van der Waals surface area contributed by atoms with Crippen LogP contribution < -0.4 is 11.1 Å². The Labute approximate surface area is 194 Å². The zero-order valence-corrected chi connectivity index (χ0v) is 20.1. The van der Waals surface area contributed by atoms with Gasteiger partial charge in [0.25, 0.3) is 0 Å². The van der Waals surface area contributed by atoms with Crippen LogP contribution in [0.4, 0.5) is 0 Å². The van der Waals surface area contributed by atoms with Gasteiger partial charge in [-0.25, -0.2) is 0 Å². The van der Waals surface area contributed by atoms with Crippen molar-refractivity contribution in [3.05, 3.63) is 35.9 Å². The van der Waals surface area contributed by atoms with E-state index >= 15 is 0 Å². The molecule has 2 aliphatic rings. The molecule has 2 saturated heterocycles. The van der Waals surface area contributed by atoms with Gasteiger partial charge in [0.1, 0.15) is 0 Å². The summed E-state index contributed by atoms with van der Waals surface area (Å²) in [6, 6.07) is 11.0. The third-order valence-electron chi connectivity index (χ3n) is 7.25. The number of hydrogen-bond donors (Lipinski definition) is 2. The van der Waals surface area contributed by atoms with Crippen molar-refractivity contribution in [3.8, 4) is 0 Å². The maximum Gasteiger partial charge on any atom is 0.220 e. The first-order valence-electron chi connectivity index (χ1n) is 12.7. The van der Waals surface area contributed by atoms with Crippen LogP contribution in [0.1, 0.15) is 63.9 Å². The largest absolute Gasteiger partial charge is 0.369 e. The highest BCUT2D eigenvalue weighted by molar-refractivity contribution is 5.80. The molecule has 1 aromatic carbocycles. The molecule has 2 unspecified atom stereocenters. The fourth-order valence-corrected chi connectivity index (χ4v) is 5.28. The number of nitrogens with two attached hydrogens (primary N) is 1. The lowest BCUT2D eigenvalue weighted by molar-refractivity contribution is -0.123. The van der Waals surface area contributed by atoms with Gasteiger partial charge in [-0.3, -0.25) is 9.79 Å². The number of hydrogen-bond acceptors (Lipinski definition) is 3. The summed E-state index contributed by atoms with van der Waals surface area (Å²) < 4.78 is 0. The number of likely N-dealkylation sites (tertiary alicyclic amines) is 2. The van der Waals surface area contributed by atoms with Crippen LogP contribution in [0.3, 0.4) is 0 Å². The summed E-state index contributed by atoms with van der Waals surface area (Å²) in [6.07, 6.45) is 6.46. The third-order valence-corrected chi connectivity index (χ3v) is 7.25. The molecular weight excluding hydrogens is 398 g/mol. The maximum atomic E-state index is 11.3. The fraction of sp³-hybridized carbons (Fsp3) is 0.692. The predicted octanol–water partition coefficient (Wildman–Crippen LogP) is 3.45. The third kappa shape index (κ3) is 6.96. The standard InChI is InChI=1S/C26H43N5O/c1-3-21-20-31(19-14-24(21)22-10-6-5-7-11-22)26(28-4-2)29-15-8-9-16-30-17-12-23(13-18-30)25(27)32/h5-7,10-11,21,23-24H,3-4,8-9,12-20H2,1-2H3,(H2,27,32)(H,28,29). The Morgan fingerprint density at radius 2 is 1.84 bits per heavy atom. The van der Waals surface area contributed by atoms with Crippen LogP contribution in [-0.4, -0.2) is 67.5 Å². The molecule has 0 aliphatic carbocycles. The number of aliphatic imine (C=N–C) groups is 1. The topological polar surface area (TPSA) is 74.0 Å². The van der Waals surface area contributed by atoms with Gasteiger partial charge in [0.15, 0.2) is 5.96 Å². The van der Waals surface area contributed by atoms with Gasteiger partial charge in [0.2, 0.25) is 5.91 Å². The molecule has 0 bridgehead atoms. The molecule has 178 valence electrons. The second-order valence-corrected chi connectivity index (χ2v) is 9.38. The van der Waals surface area contributed by atoms with Crippen LogP contribution in [0.25, 0.3) is 0 Å². The quantitative estimate of drug-likeness (QED) is 0.350. The van der Waals surface area contributed by atoms with Crippen LogP contribution >= 0.6 is 0 Å². The van der Waals surface area contributed by atoms with E-state index in [2.05, 4.69) is 59.3 Å². The summed E-state index contributed by atoms with van der Waals surface area (Å²) in [5, 5.41) is 3.53. The van der Waals surface area contributed by atoms with E-state index in [0.29, 0.717) is 11.8 Å². The van der Waals surface area contributed by atoms with E-state index in [0.717, 1.165) is 77.5 Å². The Morgan fingerprint density at radius 3 is 2.50 bits per heavy atom. The van der Waals surface area contributed by atoms with E-state index in [1.165, 1.54) is 18.4 Å². The van der Waals surface area contributed by atoms with Gasteiger partial charge in [-0.1, -0.05) is 43.7 Å².